The Balaban J connectivity index is 0.000000425. The first-order valence-corrected chi connectivity index (χ1v) is 14.9. The van der Waals surface area contributed by atoms with Crippen molar-refractivity contribution < 1.29 is 40.8 Å². The molecule has 1 aliphatic carbocycles. The number of aryl methyl sites for hydroxylation is 2. The van der Waals surface area contributed by atoms with Gasteiger partial charge in [-0.1, -0.05) is 17.7 Å². The Kier molecular flexibility index (Phi) is 12.5. The van der Waals surface area contributed by atoms with Crippen LogP contribution in [0.5, 0.6) is 0 Å². The number of carbonyl (C=O) groups is 1. The topological polar surface area (TPSA) is 104 Å². The summed E-state index contributed by atoms with van der Waals surface area (Å²) in [6.07, 6.45) is -0.0884. The first-order chi connectivity index (χ1) is 18.7. The molecule has 0 aromatic heterocycles. The van der Waals surface area contributed by atoms with Gasteiger partial charge < -0.3 is 14.7 Å². The van der Waals surface area contributed by atoms with Crippen LogP contribution in [-0.2, 0) is 32.4 Å². The summed E-state index contributed by atoms with van der Waals surface area (Å²) < 4.78 is 74.2. The van der Waals surface area contributed by atoms with Crippen LogP contribution in [-0.4, -0.2) is 43.7 Å². The lowest BCUT2D eigenvalue weighted by atomic mass is 9.80. The first-order valence-electron chi connectivity index (χ1n) is 13.5. The molecule has 40 heavy (non-hydrogen) atoms. The second-order valence-corrected chi connectivity index (χ2v) is 11.6. The molecule has 0 heterocycles. The largest absolute Gasteiger partial charge is 0.466 e. The predicted molar refractivity (Wildman–Crippen MR) is 148 cm³/mol. The minimum Gasteiger partial charge on any atom is -0.466 e. The maximum Gasteiger partial charge on any atom is 0.416 e. The van der Waals surface area contributed by atoms with E-state index in [0.717, 1.165) is 43.9 Å². The maximum absolute atomic E-state index is 13.2. The summed E-state index contributed by atoms with van der Waals surface area (Å²) in [6, 6.07) is 8.61. The van der Waals surface area contributed by atoms with E-state index in [-0.39, 0.29) is 16.4 Å². The SMILES string of the molecule is CCOC(=O)CC1CCC(CN(CC)c2cc(C)c(C(F)(F)F)cc2CO)CC1.Cc1ccc(S(=O)(=O)O)cc1. The first kappa shape index (κ1) is 33.6. The van der Waals surface area contributed by atoms with E-state index in [2.05, 4.69) is 4.90 Å². The fourth-order valence-electron chi connectivity index (χ4n) is 4.96. The Morgan fingerprint density at radius 2 is 1.60 bits per heavy atom. The van der Waals surface area contributed by atoms with Gasteiger partial charge in [0.25, 0.3) is 10.1 Å². The molecule has 0 atom stereocenters. The van der Waals surface area contributed by atoms with Crippen molar-refractivity contribution in [1.29, 1.82) is 0 Å². The van der Waals surface area contributed by atoms with Crippen LogP contribution in [0.1, 0.15) is 68.2 Å². The van der Waals surface area contributed by atoms with Gasteiger partial charge in [0, 0.05) is 30.8 Å². The third-order valence-corrected chi connectivity index (χ3v) is 8.02. The molecular weight excluding hydrogens is 547 g/mol. The summed E-state index contributed by atoms with van der Waals surface area (Å²) >= 11 is 0. The lowest BCUT2D eigenvalue weighted by Crippen LogP contribution is -2.32. The maximum atomic E-state index is 13.2. The lowest BCUT2D eigenvalue weighted by Gasteiger charge is -2.34. The smallest absolute Gasteiger partial charge is 0.416 e. The summed E-state index contributed by atoms with van der Waals surface area (Å²) in [6.45, 7) is 8.44. The van der Waals surface area contributed by atoms with Crippen molar-refractivity contribution in [3.8, 4) is 0 Å². The van der Waals surface area contributed by atoms with Gasteiger partial charge in [-0.2, -0.15) is 21.6 Å². The fourth-order valence-corrected chi connectivity index (χ4v) is 5.44. The molecule has 0 saturated heterocycles. The molecule has 0 bridgehead atoms. The molecule has 1 aliphatic rings. The van der Waals surface area contributed by atoms with E-state index < -0.39 is 28.5 Å². The van der Waals surface area contributed by atoms with Gasteiger partial charge in [0.15, 0.2) is 0 Å². The lowest BCUT2D eigenvalue weighted by molar-refractivity contribution is -0.144. The van der Waals surface area contributed by atoms with E-state index in [1.165, 1.54) is 19.1 Å². The van der Waals surface area contributed by atoms with Crippen molar-refractivity contribution in [3.05, 3.63) is 58.7 Å². The zero-order valence-electron chi connectivity index (χ0n) is 23.5. The molecular formula is C29H40F3NO6S. The van der Waals surface area contributed by atoms with Gasteiger partial charge in [-0.3, -0.25) is 9.35 Å². The molecule has 0 aliphatic heterocycles. The monoisotopic (exact) mass is 587 g/mol. The average molecular weight is 588 g/mol. The Morgan fingerprint density at radius 1 is 1.02 bits per heavy atom. The number of esters is 1. The minimum atomic E-state index is -4.43. The fraction of sp³-hybridized carbons (Fsp3) is 0.552. The number of aliphatic hydroxyl groups is 1. The highest BCUT2D eigenvalue weighted by Gasteiger charge is 2.34. The molecule has 224 valence electrons. The number of anilines is 1. The third-order valence-electron chi connectivity index (χ3n) is 7.15. The average Bonchev–Trinajstić information content (AvgIpc) is 2.87. The van der Waals surface area contributed by atoms with Crippen molar-refractivity contribution in [1.82, 2.24) is 0 Å². The van der Waals surface area contributed by atoms with Gasteiger partial charge >= 0.3 is 12.1 Å². The zero-order chi connectivity index (χ0) is 30.1. The number of carbonyl (C=O) groups excluding carboxylic acids is 1. The molecule has 2 aromatic rings. The number of benzene rings is 2. The van der Waals surface area contributed by atoms with Gasteiger partial charge in [-0.25, -0.2) is 0 Å². The number of aliphatic hydroxyl groups excluding tert-OH is 1. The number of rotatable bonds is 9. The van der Waals surface area contributed by atoms with Crippen molar-refractivity contribution in [2.24, 2.45) is 11.8 Å². The highest BCUT2D eigenvalue weighted by atomic mass is 32.2. The van der Waals surface area contributed by atoms with Crippen LogP contribution in [0, 0.1) is 25.7 Å². The summed E-state index contributed by atoms with van der Waals surface area (Å²) in [5, 5.41) is 9.67. The molecule has 1 fully saturated rings. The highest BCUT2D eigenvalue weighted by molar-refractivity contribution is 7.85. The minimum absolute atomic E-state index is 0.0666. The number of halogens is 3. The van der Waals surface area contributed by atoms with Crippen molar-refractivity contribution >= 4 is 21.8 Å². The zero-order valence-corrected chi connectivity index (χ0v) is 24.3. The summed E-state index contributed by atoms with van der Waals surface area (Å²) in [5.41, 5.74) is 1.41. The number of nitrogens with zero attached hydrogens (tertiary/aromatic N) is 1. The molecule has 2 N–H and O–H groups in total. The highest BCUT2D eigenvalue weighted by Crippen LogP contribution is 2.37. The quantitative estimate of drug-likeness (QED) is 0.261. The normalized spacial score (nSPS) is 17.5. The second-order valence-electron chi connectivity index (χ2n) is 10.2. The van der Waals surface area contributed by atoms with Crippen molar-refractivity contribution in [3.63, 3.8) is 0 Å². The molecule has 3 rings (SSSR count). The van der Waals surface area contributed by atoms with Gasteiger partial charge in [0.1, 0.15) is 0 Å². The van der Waals surface area contributed by atoms with E-state index in [1.54, 1.807) is 25.1 Å². The van der Waals surface area contributed by atoms with Crippen molar-refractivity contribution in [2.45, 2.75) is 77.5 Å². The van der Waals surface area contributed by atoms with Crippen LogP contribution < -0.4 is 4.90 Å². The van der Waals surface area contributed by atoms with E-state index in [9.17, 15) is 31.5 Å². The van der Waals surface area contributed by atoms with E-state index in [4.69, 9.17) is 9.29 Å². The van der Waals surface area contributed by atoms with Gasteiger partial charge in [-0.15, -0.1) is 0 Å². The van der Waals surface area contributed by atoms with E-state index in [0.29, 0.717) is 42.7 Å². The second kappa shape index (κ2) is 14.8. The van der Waals surface area contributed by atoms with Crippen molar-refractivity contribution in [2.75, 3.05) is 24.6 Å². The molecule has 0 radical (unpaired) electrons. The van der Waals surface area contributed by atoms with Crippen LogP contribution in [0.25, 0.3) is 0 Å². The molecule has 0 unspecified atom stereocenters. The Bertz CT molecular complexity index is 1210. The molecule has 11 heteroatoms. The van der Waals surface area contributed by atoms with E-state index in [1.807, 2.05) is 13.8 Å². The standard InChI is InChI=1S/C22H32F3NO3.C7H8O3S/c1-4-26(13-17-8-6-16(7-9-17)11-21(28)29-5-2)20-10-15(3)19(22(23,24)25)12-18(20)14-27;1-6-2-4-7(5-3-6)11(8,9)10/h10,12,16-17,27H,4-9,11,13-14H2,1-3H3;2-5H,1H3,(H,8,9,10). The van der Waals surface area contributed by atoms with Crippen LogP contribution >= 0.6 is 0 Å². The van der Waals surface area contributed by atoms with Gasteiger partial charge in [-0.05, 0) is 95.0 Å². The molecule has 0 spiro atoms. The Labute approximate surface area is 235 Å². The summed E-state index contributed by atoms with van der Waals surface area (Å²) in [4.78, 5) is 13.7. The third kappa shape index (κ3) is 10.1. The van der Waals surface area contributed by atoms with E-state index >= 15 is 0 Å². The van der Waals surface area contributed by atoms with Crippen LogP contribution in [0.15, 0.2) is 41.3 Å². The predicted octanol–water partition coefficient (Wildman–Crippen LogP) is 6.33. The summed E-state index contributed by atoms with van der Waals surface area (Å²) in [7, 11) is -4.02. The molecule has 2 aromatic carbocycles. The van der Waals surface area contributed by atoms with Crippen LogP contribution in [0.3, 0.4) is 0 Å². The molecule has 0 amide bonds. The molecule has 1 saturated carbocycles. The van der Waals surface area contributed by atoms with Crippen LogP contribution in [0.4, 0.5) is 18.9 Å². The van der Waals surface area contributed by atoms with Gasteiger partial charge in [0.05, 0.1) is 23.7 Å². The number of alkyl halides is 3. The number of hydrogen-bond acceptors (Lipinski definition) is 6. The van der Waals surface area contributed by atoms with Crippen LogP contribution in [0.2, 0.25) is 0 Å². The summed E-state index contributed by atoms with van der Waals surface area (Å²) in [5.74, 6) is 0.628. The Hall–Kier alpha value is -2.63. The van der Waals surface area contributed by atoms with Gasteiger partial charge in [0.2, 0.25) is 0 Å². The Morgan fingerprint density at radius 3 is 2.08 bits per heavy atom. The molecule has 7 nitrogen and oxygen atoms in total. The number of ether oxygens (including phenoxy) is 1. The number of hydrogen-bond donors (Lipinski definition) is 2.